The summed E-state index contributed by atoms with van der Waals surface area (Å²) in [6.45, 7) is 6.88. The van der Waals surface area contributed by atoms with Crippen LogP contribution in [0, 0.1) is 0 Å². The number of Topliss-reactive ketones (excluding diaryl/α,β-unsaturated/α-hetero) is 1. The molecule has 0 aromatic carbocycles. The molecule has 11 heavy (non-hydrogen) atoms. The van der Waals surface area contributed by atoms with Gasteiger partial charge in [-0.25, -0.2) is 0 Å². The summed E-state index contributed by atoms with van der Waals surface area (Å²) >= 11 is 0. The molecule has 0 heterocycles. The van der Waals surface area contributed by atoms with E-state index in [9.17, 15) is 4.79 Å². The molecule has 2 N–H and O–H groups in total. The smallest absolute Gasteiger partial charge is 0.153 e. The highest BCUT2D eigenvalue weighted by atomic mass is 16.1. The highest BCUT2D eigenvalue weighted by Crippen LogP contribution is 2.09. The summed E-state index contributed by atoms with van der Waals surface area (Å²) in [7, 11) is 0. The number of nitrogens with two attached hydrogens (primary N) is 1. The molecule has 62 valence electrons. The van der Waals surface area contributed by atoms with Crippen molar-refractivity contribution >= 4 is 5.78 Å². The molecule has 0 rings (SSSR count). The molecule has 1 atom stereocenters. The summed E-state index contributed by atoms with van der Waals surface area (Å²) < 4.78 is 0. The fraction of sp³-hybridized carbons (Fsp3) is 0.444. The average molecular weight is 153 g/mol. The van der Waals surface area contributed by atoms with Gasteiger partial charge in [-0.15, -0.1) is 0 Å². The Hall–Kier alpha value is -0.890. The number of carbonyl (C=O) groups is 1. The predicted molar refractivity (Wildman–Crippen MR) is 47.2 cm³/mol. The van der Waals surface area contributed by atoms with Gasteiger partial charge in [-0.2, -0.15) is 0 Å². The molecule has 1 unspecified atom stereocenters. The third-order valence-electron chi connectivity index (χ3n) is 1.77. The Balaban J connectivity index is 4.46. The molecule has 0 aromatic heterocycles. The standard InChI is InChI=1S/C9H15NO/c1-4-6-7-9(10,5-2)8(3)11/h4,6-7H,1,5,10H2,2-3H3/b7-6-. The van der Waals surface area contributed by atoms with E-state index in [1.807, 2.05) is 6.92 Å². The Bertz CT molecular complexity index is 184. The van der Waals surface area contributed by atoms with Gasteiger partial charge in [-0.3, -0.25) is 4.79 Å². The van der Waals surface area contributed by atoms with Crippen LogP contribution < -0.4 is 5.73 Å². The van der Waals surface area contributed by atoms with Crippen LogP contribution in [0.2, 0.25) is 0 Å². The Morgan fingerprint density at radius 2 is 2.27 bits per heavy atom. The lowest BCUT2D eigenvalue weighted by atomic mass is 9.92. The molecule has 0 aliphatic carbocycles. The summed E-state index contributed by atoms with van der Waals surface area (Å²) in [6, 6.07) is 0. The Morgan fingerprint density at radius 3 is 2.55 bits per heavy atom. The molecule has 0 aliphatic heterocycles. The molecule has 0 aliphatic rings. The average Bonchev–Trinajstić information content (AvgIpc) is 2.00. The second-order valence-corrected chi connectivity index (χ2v) is 2.54. The first-order valence-electron chi connectivity index (χ1n) is 3.67. The van der Waals surface area contributed by atoms with E-state index in [1.165, 1.54) is 6.92 Å². The van der Waals surface area contributed by atoms with Gasteiger partial charge in [-0.1, -0.05) is 31.7 Å². The van der Waals surface area contributed by atoms with Crippen molar-refractivity contribution in [2.75, 3.05) is 0 Å². The molecule has 0 radical (unpaired) electrons. The van der Waals surface area contributed by atoms with Gasteiger partial charge >= 0.3 is 0 Å². The number of carbonyl (C=O) groups excluding carboxylic acids is 1. The number of allylic oxidation sites excluding steroid dienone is 2. The number of ketones is 1. The molecule has 0 saturated carbocycles. The summed E-state index contributed by atoms with van der Waals surface area (Å²) in [4.78, 5) is 11.0. The van der Waals surface area contributed by atoms with Crippen LogP contribution in [0.4, 0.5) is 0 Å². The molecule has 0 fully saturated rings. The molecule has 0 amide bonds. The van der Waals surface area contributed by atoms with Gasteiger partial charge in [0, 0.05) is 0 Å². The Kier molecular flexibility index (Phi) is 3.76. The summed E-state index contributed by atoms with van der Waals surface area (Å²) in [5.74, 6) is -0.0156. The minimum Gasteiger partial charge on any atom is -0.316 e. The van der Waals surface area contributed by atoms with Crippen molar-refractivity contribution in [1.82, 2.24) is 0 Å². The van der Waals surface area contributed by atoms with Gasteiger partial charge in [0.25, 0.3) is 0 Å². The molecule has 2 nitrogen and oxygen atoms in total. The van der Waals surface area contributed by atoms with Crippen LogP contribution in [0.1, 0.15) is 20.3 Å². The van der Waals surface area contributed by atoms with E-state index in [2.05, 4.69) is 6.58 Å². The molecule has 0 spiro atoms. The monoisotopic (exact) mass is 153 g/mol. The summed E-state index contributed by atoms with van der Waals surface area (Å²) in [5.41, 5.74) is 4.94. The van der Waals surface area contributed by atoms with Crippen molar-refractivity contribution in [3.8, 4) is 0 Å². The van der Waals surface area contributed by atoms with Crippen LogP contribution >= 0.6 is 0 Å². The molecular weight excluding hydrogens is 138 g/mol. The maximum Gasteiger partial charge on any atom is 0.153 e. The number of rotatable bonds is 4. The fourth-order valence-electron chi connectivity index (χ4n) is 0.724. The van der Waals surface area contributed by atoms with Crippen LogP contribution in [-0.4, -0.2) is 11.3 Å². The van der Waals surface area contributed by atoms with E-state index in [4.69, 9.17) is 5.73 Å². The first-order chi connectivity index (χ1) is 5.06. The lowest BCUT2D eigenvalue weighted by Gasteiger charge is -2.19. The van der Waals surface area contributed by atoms with Crippen LogP contribution in [-0.2, 0) is 4.79 Å². The van der Waals surface area contributed by atoms with Crippen LogP contribution in [0.3, 0.4) is 0 Å². The van der Waals surface area contributed by atoms with E-state index >= 15 is 0 Å². The molecular formula is C9H15NO. The predicted octanol–water partition coefficient (Wildman–Crippen LogP) is 1.43. The van der Waals surface area contributed by atoms with Gasteiger partial charge in [-0.05, 0) is 13.3 Å². The zero-order valence-corrected chi connectivity index (χ0v) is 7.13. The van der Waals surface area contributed by atoms with Gasteiger partial charge in [0.2, 0.25) is 0 Å². The normalized spacial score (nSPS) is 16.3. The first kappa shape index (κ1) is 10.1. The van der Waals surface area contributed by atoms with E-state index in [0.717, 1.165) is 0 Å². The fourth-order valence-corrected chi connectivity index (χ4v) is 0.724. The van der Waals surface area contributed by atoms with E-state index in [0.29, 0.717) is 6.42 Å². The minimum atomic E-state index is -0.797. The van der Waals surface area contributed by atoms with Crippen molar-refractivity contribution in [1.29, 1.82) is 0 Å². The quantitative estimate of drug-likeness (QED) is 0.621. The van der Waals surface area contributed by atoms with Gasteiger partial charge in [0.1, 0.15) is 0 Å². The zero-order chi connectivity index (χ0) is 8.91. The maximum atomic E-state index is 11.0. The first-order valence-corrected chi connectivity index (χ1v) is 3.67. The Labute approximate surface area is 67.8 Å². The summed E-state index contributed by atoms with van der Waals surface area (Å²) in [6.07, 6.45) is 5.61. The van der Waals surface area contributed by atoms with Crippen LogP contribution in [0.5, 0.6) is 0 Å². The van der Waals surface area contributed by atoms with Gasteiger partial charge in [0.05, 0.1) is 5.54 Å². The minimum absolute atomic E-state index is 0.0156. The van der Waals surface area contributed by atoms with Crippen molar-refractivity contribution < 1.29 is 4.79 Å². The van der Waals surface area contributed by atoms with E-state index in [1.54, 1.807) is 18.2 Å². The third kappa shape index (κ3) is 2.68. The van der Waals surface area contributed by atoms with Crippen LogP contribution in [0.15, 0.2) is 24.8 Å². The van der Waals surface area contributed by atoms with Crippen molar-refractivity contribution in [3.63, 3.8) is 0 Å². The van der Waals surface area contributed by atoms with Crippen molar-refractivity contribution in [3.05, 3.63) is 24.8 Å². The largest absolute Gasteiger partial charge is 0.316 e. The maximum absolute atomic E-state index is 11.0. The Morgan fingerprint density at radius 1 is 1.73 bits per heavy atom. The topological polar surface area (TPSA) is 43.1 Å². The molecule has 0 saturated heterocycles. The SMILES string of the molecule is C=C/C=C\C(N)(CC)C(C)=O. The molecule has 0 aromatic rings. The highest BCUT2D eigenvalue weighted by molar-refractivity contribution is 5.88. The second-order valence-electron chi connectivity index (χ2n) is 2.54. The zero-order valence-electron chi connectivity index (χ0n) is 7.13. The number of hydrogen-bond acceptors (Lipinski definition) is 2. The lowest BCUT2D eigenvalue weighted by Crippen LogP contribution is -2.43. The number of hydrogen-bond donors (Lipinski definition) is 1. The lowest BCUT2D eigenvalue weighted by molar-refractivity contribution is -0.120. The van der Waals surface area contributed by atoms with Crippen LogP contribution in [0.25, 0.3) is 0 Å². The third-order valence-corrected chi connectivity index (χ3v) is 1.77. The molecule has 0 bridgehead atoms. The summed E-state index contributed by atoms with van der Waals surface area (Å²) in [5, 5.41) is 0. The van der Waals surface area contributed by atoms with E-state index < -0.39 is 5.54 Å². The highest BCUT2D eigenvalue weighted by Gasteiger charge is 2.23. The van der Waals surface area contributed by atoms with Crippen molar-refractivity contribution in [2.45, 2.75) is 25.8 Å². The van der Waals surface area contributed by atoms with Gasteiger partial charge in [0.15, 0.2) is 5.78 Å². The van der Waals surface area contributed by atoms with Gasteiger partial charge < -0.3 is 5.73 Å². The molecule has 2 heteroatoms. The van der Waals surface area contributed by atoms with Crippen molar-refractivity contribution in [2.24, 2.45) is 5.73 Å². The second kappa shape index (κ2) is 4.09. The van der Waals surface area contributed by atoms with E-state index in [-0.39, 0.29) is 5.78 Å².